The normalized spacial score (nSPS) is 13.1. The number of rotatable bonds is 5. The zero-order chi connectivity index (χ0) is 38.0. The monoisotopic (exact) mass is 678 g/mol. The average Bonchev–Trinajstić information content (AvgIpc) is 2.95. The number of phenolic OH excluding ortho intramolecular Hbond substituents is 4. The van der Waals surface area contributed by atoms with Crippen molar-refractivity contribution in [1.29, 1.82) is 0 Å². The van der Waals surface area contributed by atoms with Crippen LogP contribution in [0.15, 0.2) is 48.5 Å². The molecular weight excluding hydrogens is 617 g/mol. The van der Waals surface area contributed by atoms with E-state index in [9.17, 15) is 20.4 Å². The topological polar surface area (TPSA) is 80.9 Å². The number of hydrogen-bond donors (Lipinski definition) is 4. The number of hydrogen-bond acceptors (Lipinski definition) is 4. The van der Waals surface area contributed by atoms with Gasteiger partial charge in [-0.15, -0.1) is 0 Å². The van der Waals surface area contributed by atoms with Crippen LogP contribution in [0.25, 0.3) is 0 Å². The molecule has 0 radical (unpaired) electrons. The van der Waals surface area contributed by atoms with E-state index in [1.54, 1.807) is 0 Å². The molecule has 4 N–H and O–H groups in total. The molecule has 0 saturated heterocycles. The molecule has 0 bridgehead atoms. The van der Waals surface area contributed by atoms with Gasteiger partial charge in [-0.2, -0.15) is 0 Å². The van der Waals surface area contributed by atoms with Crippen molar-refractivity contribution >= 4 is 0 Å². The molecule has 4 nitrogen and oxygen atoms in total. The molecule has 4 aromatic carbocycles. The highest BCUT2D eigenvalue weighted by Gasteiger charge is 2.40. The van der Waals surface area contributed by atoms with Crippen molar-refractivity contribution in [3.8, 4) is 23.0 Å². The number of aryl methyl sites for hydroxylation is 4. The fraction of sp³-hybridized carbons (Fsp3) is 0.478. The second-order valence-corrected chi connectivity index (χ2v) is 18.9. The van der Waals surface area contributed by atoms with Crippen molar-refractivity contribution in [2.24, 2.45) is 0 Å². The Bertz CT molecular complexity index is 1640. The van der Waals surface area contributed by atoms with E-state index in [-0.39, 0.29) is 56.5 Å². The van der Waals surface area contributed by atoms with Gasteiger partial charge in [0.05, 0.1) is 0 Å². The van der Waals surface area contributed by atoms with Gasteiger partial charge in [0.15, 0.2) is 0 Å². The van der Waals surface area contributed by atoms with Crippen LogP contribution in [0, 0.1) is 27.7 Å². The third kappa shape index (κ3) is 7.55. The van der Waals surface area contributed by atoms with E-state index < -0.39 is 0 Å². The smallest absolute Gasteiger partial charge is 0.118 e. The highest BCUT2D eigenvalue weighted by Crippen LogP contribution is 2.54. The molecule has 0 aliphatic heterocycles. The van der Waals surface area contributed by atoms with E-state index >= 15 is 0 Å². The summed E-state index contributed by atoms with van der Waals surface area (Å²) >= 11 is 0. The molecule has 0 aliphatic carbocycles. The van der Waals surface area contributed by atoms with E-state index in [1.165, 1.54) is 0 Å². The molecule has 50 heavy (non-hydrogen) atoms. The third-order valence-electron chi connectivity index (χ3n) is 10.4. The Hall–Kier alpha value is -3.92. The van der Waals surface area contributed by atoms with Gasteiger partial charge in [0.1, 0.15) is 23.0 Å². The Labute approximate surface area is 302 Å². The highest BCUT2D eigenvalue weighted by molar-refractivity contribution is 5.61. The molecule has 4 rings (SSSR count). The van der Waals surface area contributed by atoms with Gasteiger partial charge in [-0.25, -0.2) is 0 Å². The zero-order valence-corrected chi connectivity index (χ0v) is 33.6. The predicted molar refractivity (Wildman–Crippen MR) is 210 cm³/mol. The van der Waals surface area contributed by atoms with E-state index in [0.29, 0.717) is 0 Å². The summed E-state index contributed by atoms with van der Waals surface area (Å²) in [5.74, 6) is 0.453. The van der Waals surface area contributed by atoms with Gasteiger partial charge in [0.25, 0.3) is 0 Å². The van der Waals surface area contributed by atoms with Crippen molar-refractivity contribution in [3.63, 3.8) is 0 Å². The highest BCUT2D eigenvalue weighted by atomic mass is 16.3. The largest absolute Gasteiger partial charge is 0.508 e. The first kappa shape index (κ1) is 38.9. The minimum absolute atomic E-state index is 0.263. The van der Waals surface area contributed by atoms with Gasteiger partial charge in [0, 0.05) is 11.8 Å². The quantitative estimate of drug-likeness (QED) is 0.169. The summed E-state index contributed by atoms with van der Waals surface area (Å²) in [5.41, 5.74) is 10.4. The average molecular weight is 679 g/mol. The van der Waals surface area contributed by atoms with Gasteiger partial charge in [-0.3, -0.25) is 0 Å². The van der Waals surface area contributed by atoms with Gasteiger partial charge < -0.3 is 20.4 Å². The van der Waals surface area contributed by atoms with Gasteiger partial charge in [-0.1, -0.05) is 107 Å². The molecule has 270 valence electrons. The van der Waals surface area contributed by atoms with Crippen LogP contribution >= 0.6 is 0 Å². The summed E-state index contributed by atoms with van der Waals surface area (Å²) in [5, 5.41) is 44.9. The molecule has 0 heterocycles. The molecular formula is C46H62O4. The minimum atomic E-state index is -0.327. The lowest BCUT2D eigenvalue weighted by Crippen LogP contribution is -2.28. The molecule has 0 aromatic heterocycles. The maximum absolute atomic E-state index is 11.2. The second-order valence-electron chi connectivity index (χ2n) is 18.9. The van der Waals surface area contributed by atoms with Gasteiger partial charge in [-0.05, 0) is 140 Å². The first-order valence-electron chi connectivity index (χ1n) is 18.0. The summed E-state index contributed by atoms with van der Waals surface area (Å²) in [4.78, 5) is 0. The van der Waals surface area contributed by atoms with Crippen LogP contribution in [0.1, 0.15) is 162 Å². The summed E-state index contributed by atoms with van der Waals surface area (Å²) in [6.45, 7) is 34.1. The summed E-state index contributed by atoms with van der Waals surface area (Å²) in [6, 6.07) is 16.4. The number of aromatic hydroxyl groups is 4. The summed E-state index contributed by atoms with van der Waals surface area (Å²) < 4.78 is 0. The van der Waals surface area contributed by atoms with E-state index in [4.69, 9.17) is 0 Å². The lowest BCUT2D eigenvalue weighted by Gasteiger charge is -2.41. The Kier molecular flexibility index (Phi) is 10.1. The minimum Gasteiger partial charge on any atom is -0.508 e. The summed E-state index contributed by atoms with van der Waals surface area (Å²) in [7, 11) is 0. The number of benzene rings is 4. The van der Waals surface area contributed by atoms with Crippen LogP contribution in [0.2, 0.25) is 0 Å². The van der Waals surface area contributed by atoms with E-state index in [2.05, 4.69) is 107 Å². The fourth-order valence-corrected chi connectivity index (χ4v) is 7.56. The zero-order valence-electron chi connectivity index (χ0n) is 33.6. The van der Waals surface area contributed by atoms with Crippen molar-refractivity contribution in [2.45, 2.75) is 144 Å². The second kappa shape index (κ2) is 13.0. The summed E-state index contributed by atoms with van der Waals surface area (Å²) in [6.07, 6.45) is 0. The van der Waals surface area contributed by atoms with Crippen molar-refractivity contribution in [1.82, 2.24) is 0 Å². The Morgan fingerprint density at radius 3 is 0.620 bits per heavy atom. The maximum Gasteiger partial charge on any atom is 0.118 e. The molecule has 4 aromatic rings. The SMILES string of the molecule is Cc1cc(C(c2cc(C)c(O)cc2C(C)(C)C)C(c2cc(C)c(O)cc2C(C)(C)C)c2cc(C)c(O)cc2C(C)(C)C)c(C(C)(C)C)cc1O. The molecule has 0 atom stereocenters. The predicted octanol–water partition coefficient (Wildman–Crippen LogP) is 11.9. The maximum atomic E-state index is 11.2. The van der Waals surface area contributed by atoms with Gasteiger partial charge in [0.2, 0.25) is 0 Å². The molecule has 0 saturated carbocycles. The molecule has 0 fully saturated rings. The lowest BCUT2D eigenvalue weighted by molar-refractivity contribution is 0.458. The Balaban J connectivity index is 2.45. The fourth-order valence-electron chi connectivity index (χ4n) is 7.56. The standard InChI is InChI=1S/C46H62O4/c1-25-17-29(33(21-37(25)47)43(5,6)7)41(30-18-26(2)38(48)22-34(30)44(8,9)10)42(31-19-27(3)39(49)23-35(31)45(11,12)13)32-20-28(4)40(50)24-36(32)46(14,15)16/h17-24,41-42,47-50H,1-16H3. The van der Waals surface area contributed by atoms with Crippen molar-refractivity contribution < 1.29 is 20.4 Å². The van der Waals surface area contributed by atoms with Crippen LogP contribution in [-0.2, 0) is 21.7 Å². The third-order valence-corrected chi connectivity index (χ3v) is 10.4. The molecule has 0 unspecified atom stereocenters. The van der Waals surface area contributed by atoms with Gasteiger partial charge >= 0.3 is 0 Å². The van der Waals surface area contributed by atoms with Crippen LogP contribution in [0.5, 0.6) is 23.0 Å². The van der Waals surface area contributed by atoms with Crippen LogP contribution < -0.4 is 0 Å². The Morgan fingerprint density at radius 1 is 0.320 bits per heavy atom. The number of phenols is 4. The Morgan fingerprint density at radius 2 is 0.480 bits per heavy atom. The van der Waals surface area contributed by atoms with Crippen molar-refractivity contribution in [3.05, 3.63) is 115 Å². The van der Waals surface area contributed by atoms with E-state index in [1.807, 2.05) is 52.0 Å². The van der Waals surface area contributed by atoms with E-state index in [0.717, 1.165) is 66.8 Å². The van der Waals surface area contributed by atoms with Crippen molar-refractivity contribution in [2.75, 3.05) is 0 Å². The van der Waals surface area contributed by atoms with Crippen LogP contribution in [-0.4, -0.2) is 20.4 Å². The van der Waals surface area contributed by atoms with Crippen LogP contribution in [0.4, 0.5) is 0 Å². The molecule has 0 amide bonds. The lowest BCUT2D eigenvalue weighted by atomic mass is 9.63. The molecule has 4 heteroatoms. The first-order valence-corrected chi connectivity index (χ1v) is 18.0. The molecule has 0 aliphatic rings. The van der Waals surface area contributed by atoms with Crippen LogP contribution in [0.3, 0.4) is 0 Å². The first-order chi connectivity index (χ1) is 22.6. The molecule has 0 spiro atoms.